The fraction of sp³-hybridized carbons (Fsp3) is 0.0385. The van der Waals surface area contributed by atoms with Gasteiger partial charge in [-0.2, -0.15) is 0 Å². The summed E-state index contributed by atoms with van der Waals surface area (Å²) in [6, 6.07) is 57.3. The molecule has 0 radical (unpaired) electrons. The molecule has 0 saturated carbocycles. The molecule has 0 fully saturated rings. The molecule has 264 valence electrons. The van der Waals surface area contributed by atoms with E-state index < -0.39 is 0 Å². The summed E-state index contributed by atoms with van der Waals surface area (Å²) >= 11 is 0. The first-order chi connectivity index (χ1) is 27.7. The van der Waals surface area contributed by atoms with Crippen LogP contribution in [0, 0.1) is 0 Å². The van der Waals surface area contributed by atoms with E-state index in [0.29, 0.717) is 5.82 Å². The van der Waals surface area contributed by atoms with Gasteiger partial charge >= 0.3 is 0 Å². The van der Waals surface area contributed by atoms with Gasteiger partial charge in [0, 0.05) is 38.2 Å². The van der Waals surface area contributed by atoms with Crippen molar-refractivity contribution >= 4 is 49.5 Å². The van der Waals surface area contributed by atoms with Crippen LogP contribution >= 0.6 is 0 Å². The van der Waals surface area contributed by atoms with Crippen molar-refractivity contribution in [1.82, 2.24) is 9.97 Å². The standard InChI is InChI=1S/C52H34N2O2/c1-3-11-33(12-4-1)39-27-40(38-24-26-51-45(31-38)43-16-8-10-18-49(43)56-51)29-41(28-39)47-32-46(53-52(54-47)36-13-5-2-6-14-36)35-21-19-34(20-22-35)37-23-25-50-44(30-37)42-15-7-9-17-48(42)55-50/h2-3,5-32H,1,4H2. The molecule has 11 rings (SSSR count). The number of fused-ring (bicyclic) bond motifs is 6. The lowest BCUT2D eigenvalue weighted by Crippen LogP contribution is -1.97. The van der Waals surface area contributed by atoms with Crippen molar-refractivity contribution in [2.45, 2.75) is 12.8 Å². The Bertz CT molecular complexity index is 3180. The molecular formula is C52H34N2O2. The summed E-state index contributed by atoms with van der Waals surface area (Å²) in [4.78, 5) is 10.4. The minimum atomic E-state index is 0.689. The molecule has 3 heterocycles. The van der Waals surface area contributed by atoms with E-state index in [-0.39, 0.29) is 0 Å². The maximum atomic E-state index is 6.19. The quantitative estimate of drug-likeness (QED) is 0.172. The molecule has 0 N–H and O–H groups in total. The number of nitrogens with zero attached hydrogens (tertiary/aromatic N) is 2. The van der Waals surface area contributed by atoms with Gasteiger partial charge < -0.3 is 8.83 Å². The summed E-state index contributed by atoms with van der Waals surface area (Å²) in [6.07, 6.45) is 8.93. The summed E-state index contributed by atoms with van der Waals surface area (Å²) in [5.41, 5.74) is 15.3. The molecule has 1 aliphatic rings. The Hall–Kier alpha value is -7.30. The van der Waals surface area contributed by atoms with E-state index in [0.717, 1.165) is 107 Å². The van der Waals surface area contributed by atoms with Crippen LogP contribution in [-0.2, 0) is 0 Å². The molecule has 3 aromatic heterocycles. The van der Waals surface area contributed by atoms with Crippen molar-refractivity contribution in [2.24, 2.45) is 0 Å². The molecule has 0 amide bonds. The smallest absolute Gasteiger partial charge is 0.160 e. The number of hydrogen-bond acceptors (Lipinski definition) is 4. The SMILES string of the molecule is C1=CC(c2cc(-c3ccc4oc5ccccc5c4c3)cc(-c3cc(-c4ccc(-c5ccc6oc7ccccc7c6c5)cc4)nc(-c4ccccc4)n3)c2)=CCC1. The number of aromatic nitrogens is 2. The molecule has 1 aliphatic carbocycles. The summed E-state index contributed by atoms with van der Waals surface area (Å²) in [5, 5.41) is 4.47. The first-order valence-electron chi connectivity index (χ1n) is 19.1. The van der Waals surface area contributed by atoms with E-state index >= 15 is 0 Å². The number of furan rings is 2. The Morgan fingerprint density at radius 3 is 1.55 bits per heavy atom. The number of rotatable bonds is 6. The Morgan fingerprint density at radius 1 is 0.357 bits per heavy atom. The topological polar surface area (TPSA) is 52.1 Å². The van der Waals surface area contributed by atoms with E-state index in [1.807, 2.05) is 42.5 Å². The van der Waals surface area contributed by atoms with Crippen LogP contribution in [0.1, 0.15) is 18.4 Å². The molecule has 0 saturated heterocycles. The molecule has 0 bridgehead atoms. The van der Waals surface area contributed by atoms with Crippen molar-refractivity contribution in [3.63, 3.8) is 0 Å². The van der Waals surface area contributed by atoms with E-state index in [2.05, 4.69) is 140 Å². The monoisotopic (exact) mass is 718 g/mol. The van der Waals surface area contributed by atoms with Gasteiger partial charge in [0.15, 0.2) is 5.82 Å². The third-order valence-corrected chi connectivity index (χ3v) is 10.9. The zero-order valence-electron chi connectivity index (χ0n) is 30.4. The van der Waals surface area contributed by atoms with Crippen molar-refractivity contribution in [3.8, 4) is 56.2 Å². The molecule has 0 spiro atoms. The van der Waals surface area contributed by atoms with Crippen LogP contribution in [0.4, 0.5) is 0 Å². The Balaban J connectivity index is 1.04. The fourth-order valence-corrected chi connectivity index (χ4v) is 8.04. The Labute approximate surface area is 323 Å². The van der Waals surface area contributed by atoms with E-state index in [4.69, 9.17) is 18.8 Å². The predicted molar refractivity (Wildman–Crippen MR) is 230 cm³/mol. The normalized spacial score (nSPS) is 12.9. The highest BCUT2D eigenvalue weighted by atomic mass is 16.3. The number of para-hydroxylation sites is 2. The molecule has 56 heavy (non-hydrogen) atoms. The van der Waals surface area contributed by atoms with Crippen molar-refractivity contribution in [2.75, 3.05) is 0 Å². The number of hydrogen-bond donors (Lipinski definition) is 0. The van der Waals surface area contributed by atoms with E-state index in [1.54, 1.807) is 0 Å². The summed E-state index contributed by atoms with van der Waals surface area (Å²) in [7, 11) is 0. The van der Waals surface area contributed by atoms with Gasteiger partial charge in [-0.25, -0.2) is 9.97 Å². The lowest BCUT2D eigenvalue weighted by Gasteiger charge is -2.15. The van der Waals surface area contributed by atoms with Crippen LogP contribution in [0.3, 0.4) is 0 Å². The zero-order valence-corrected chi connectivity index (χ0v) is 30.4. The maximum absolute atomic E-state index is 6.19. The van der Waals surface area contributed by atoms with Gasteiger partial charge in [0.25, 0.3) is 0 Å². The zero-order chi connectivity index (χ0) is 37.0. The Kier molecular flexibility index (Phi) is 7.59. The van der Waals surface area contributed by atoms with Crippen LogP contribution in [0.15, 0.2) is 191 Å². The number of allylic oxidation sites excluding steroid dienone is 4. The predicted octanol–water partition coefficient (Wildman–Crippen LogP) is 14.3. The molecule has 0 atom stereocenters. The summed E-state index contributed by atoms with van der Waals surface area (Å²) < 4.78 is 12.3. The van der Waals surface area contributed by atoms with Crippen molar-refractivity contribution < 1.29 is 8.83 Å². The maximum Gasteiger partial charge on any atom is 0.160 e. The molecule has 0 aliphatic heterocycles. The molecule has 0 unspecified atom stereocenters. The van der Waals surface area contributed by atoms with Gasteiger partial charge in [0.2, 0.25) is 0 Å². The van der Waals surface area contributed by atoms with Gasteiger partial charge in [-0.3, -0.25) is 0 Å². The van der Waals surface area contributed by atoms with Crippen LogP contribution < -0.4 is 0 Å². The van der Waals surface area contributed by atoms with Gasteiger partial charge in [0.05, 0.1) is 11.4 Å². The lowest BCUT2D eigenvalue weighted by molar-refractivity contribution is 0.668. The largest absolute Gasteiger partial charge is 0.456 e. The molecule has 4 nitrogen and oxygen atoms in total. The molecule has 7 aromatic carbocycles. The van der Waals surface area contributed by atoms with Crippen LogP contribution in [-0.4, -0.2) is 9.97 Å². The summed E-state index contributed by atoms with van der Waals surface area (Å²) in [5.74, 6) is 0.689. The highest BCUT2D eigenvalue weighted by Gasteiger charge is 2.16. The van der Waals surface area contributed by atoms with Crippen molar-refractivity contribution in [1.29, 1.82) is 0 Å². The van der Waals surface area contributed by atoms with Gasteiger partial charge in [-0.05, 0) is 107 Å². The third kappa shape index (κ3) is 5.71. The van der Waals surface area contributed by atoms with Gasteiger partial charge in [-0.15, -0.1) is 0 Å². The highest BCUT2D eigenvalue weighted by Crippen LogP contribution is 2.38. The van der Waals surface area contributed by atoms with Crippen LogP contribution in [0.5, 0.6) is 0 Å². The minimum absolute atomic E-state index is 0.689. The second-order valence-corrected chi connectivity index (χ2v) is 14.5. The fourth-order valence-electron chi connectivity index (χ4n) is 8.04. The molecule has 4 heteroatoms. The van der Waals surface area contributed by atoms with Crippen molar-refractivity contribution in [3.05, 3.63) is 188 Å². The molecule has 10 aromatic rings. The van der Waals surface area contributed by atoms with E-state index in [1.165, 1.54) is 11.1 Å². The van der Waals surface area contributed by atoms with Gasteiger partial charge in [-0.1, -0.05) is 121 Å². The first kappa shape index (κ1) is 32.2. The van der Waals surface area contributed by atoms with Crippen LogP contribution in [0.2, 0.25) is 0 Å². The third-order valence-electron chi connectivity index (χ3n) is 10.9. The first-order valence-corrected chi connectivity index (χ1v) is 19.1. The minimum Gasteiger partial charge on any atom is -0.456 e. The average Bonchev–Trinajstić information content (AvgIpc) is 3.84. The molecular weight excluding hydrogens is 685 g/mol. The summed E-state index contributed by atoms with van der Waals surface area (Å²) in [6.45, 7) is 0. The highest BCUT2D eigenvalue weighted by molar-refractivity contribution is 6.07. The Morgan fingerprint density at radius 2 is 0.893 bits per heavy atom. The number of benzene rings is 7. The van der Waals surface area contributed by atoms with Crippen LogP contribution in [0.25, 0.3) is 106 Å². The lowest BCUT2D eigenvalue weighted by atomic mass is 9.92. The average molecular weight is 719 g/mol. The second kappa shape index (κ2) is 13.2. The van der Waals surface area contributed by atoms with Gasteiger partial charge in [0.1, 0.15) is 22.3 Å². The second-order valence-electron chi connectivity index (χ2n) is 14.5. The van der Waals surface area contributed by atoms with E-state index in [9.17, 15) is 0 Å².